The molecular weight excluding hydrogens is 304 g/mol. The van der Waals surface area contributed by atoms with Crippen LogP contribution < -0.4 is 15.0 Å². The van der Waals surface area contributed by atoms with Gasteiger partial charge in [0.2, 0.25) is 11.8 Å². The van der Waals surface area contributed by atoms with Crippen LogP contribution in [-0.2, 0) is 9.59 Å². The van der Waals surface area contributed by atoms with Gasteiger partial charge in [0.1, 0.15) is 12.4 Å². The zero-order valence-corrected chi connectivity index (χ0v) is 13.5. The van der Waals surface area contributed by atoms with Gasteiger partial charge in [0.15, 0.2) is 0 Å². The second-order valence-electron chi connectivity index (χ2n) is 5.21. The Labute approximate surface area is 135 Å². The number of unbranched alkanes of at least 4 members (excludes halogenated alkanes) is 1. The standard InChI is InChI=1S/C16H21ClN2O3/c1-2-3-8-18-15(20)6-7-16(21)19-9-10-22-14-5-4-12(17)11-13(14)19/h4-5,11H,2-3,6-10H2,1H3,(H,18,20). The molecule has 1 aromatic carbocycles. The van der Waals surface area contributed by atoms with Gasteiger partial charge in [-0.2, -0.15) is 0 Å². The Kier molecular flexibility index (Phi) is 6.07. The fourth-order valence-electron chi connectivity index (χ4n) is 2.30. The van der Waals surface area contributed by atoms with Gasteiger partial charge in [-0.1, -0.05) is 24.9 Å². The Balaban J connectivity index is 1.91. The summed E-state index contributed by atoms with van der Waals surface area (Å²) in [6.07, 6.45) is 2.37. The van der Waals surface area contributed by atoms with E-state index >= 15 is 0 Å². The zero-order chi connectivity index (χ0) is 15.9. The number of nitrogens with one attached hydrogen (secondary N) is 1. The summed E-state index contributed by atoms with van der Waals surface area (Å²) in [6.45, 7) is 3.66. The van der Waals surface area contributed by atoms with E-state index in [0.717, 1.165) is 12.8 Å². The molecule has 0 saturated heterocycles. The Hall–Kier alpha value is -1.75. The predicted octanol–water partition coefficient (Wildman–Crippen LogP) is 2.76. The lowest BCUT2D eigenvalue weighted by molar-refractivity contribution is -0.125. The molecular formula is C16H21ClN2O3. The number of amides is 2. The number of nitrogens with zero attached hydrogens (tertiary/aromatic N) is 1. The highest BCUT2D eigenvalue weighted by Crippen LogP contribution is 2.34. The maximum Gasteiger partial charge on any atom is 0.227 e. The van der Waals surface area contributed by atoms with Crippen LogP contribution >= 0.6 is 11.6 Å². The van der Waals surface area contributed by atoms with Gasteiger partial charge < -0.3 is 15.0 Å². The number of carbonyl (C=O) groups is 2. The van der Waals surface area contributed by atoms with Crippen molar-refractivity contribution in [1.29, 1.82) is 0 Å². The molecule has 1 heterocycles. The first-order chi connectivity index (χ1) is 10.6. The maximum absolute atomic E-state index is 12.4. The van der Waals surface area contributed by atoms with Crippen LogP contribution in [0.25, 0.3) is 0 Å². The van der Waals surface area contributed by atoms with Crippen LogP contribution in [0.3, 0.4) is 0 Å². The topological polar surface area (TPSA) is 58.6 Å². The molecule has 120 valence electrons. The Morgan fingerprint density at radius 1 is 1.36 bits per heavy atom. The highest BCUT2D eigenvalue weighted by molar-refractivity contribution is 6.31. The molecule has 1 aliphatic heterocycles. The van der Waals surface area contributed by atoms with E-state index in [0.29, 0.717) is 36.2 Å². The summed E-state index contributed by atoms with van der Waals surface area (Å²) in [5.41, 5.74) is 0.676. The first-order valence-corrected chi connectivity index (χ1v) is 7.99. The van der Waals surface area contributed by atoms with Crippen LogP contribution in [0.5, 0.6) is 5.75 Å². The fraction of sp³-hybridized carbons (Fsp3) is 0.500. The molecule has 0 radical (unpaired) electrons. The highest BCUT2D eigenvalue weighted by Gasteiger charge is 2.24. The van der Waals surface area contributed by atoms with Crippen molar-refractivity contribution in [3.05, 3.63) is 23.2 Å². The summed E-state index contributed by atoms with van der Waals surface area (Å²) in [5.74, 6) is 0.482. The van der Waals surface area contributed by atoms with Crippen molar-refractivity contribution in [2.45, 2.75) is 32.6 Å². The molecule has 0 unspecified atom stereocenters. The molecule has 5 nitrogen and oxygen atoms in total. The number of hydrogen-bond donors (Lipinski definition) is 1. The Bertz CT molecular complexity index is 548. The lowest BCUT2D eigenvalue weighted by Gasteiger charge is -2.29. The molecule has 22 heavy (non-hydrogen) atoms. The first kappa shape index (κ1) is 16.6. The third-order valence-corrected chi connectivity index (χ3v) is 3.74. The average Bonchev–Trinajstić information content (AvgIpc) is 2.52. The van der Waals surface area contributed by atoms with E-state index in [2.05, 4.69) is 12.2 Å². The van der Waals surface area contributed by atoms with E-state index in [1.165, 1.54) is 0 Å². The van der Waals surface area contributed by atoms with Gasteiger partial charge in [0.05, 0.1) is 12.2 Å². The van der Waals surface area contributed by atoms with E-state index in [1.54, 1.807) is 23.1 Å². The number of rotatable bonds is 6. The van der Waals surface area contributed by atoms with Crippen LogP contribution in [0.4, 0.5) is 5.69 Å². The van der Waals surface area contributed by atoms with E-state index in [4.69, 9.17) is 16.3 Å². The molecule has 1 aromatic rings. The monoisotopic (exact) mass is 324 g/mol. The summed E-state index contributed by atoms with van der Waals surface area (Å²) in [6, 6.07) is 5.21. The lowest BCUT2D eigenvalue weighted by Crippen LogP contribution is -2.38. The number of benzene rings is 1. The average molecular weight is 325 g/mol. The summed E-state index contributed by atoms with van der Waals surface area (Å²) < 4.78 is 5.52. The molecule has 2 amide bonds. The minimum absolute atomic E-state index is 0.0821. The van der Waals surface area contributed by atoms with Crippen molar-refractivity contribution in [3.63, 3.8) is 0 Å². The van der Waals surface area contributed by atoms with Crippen LogP contribution in [0.15, 0.2) is 18.2 Å². The van der Waals surface area contributed by atoms with Crippen LogP contribution in [0.2, 0.25) is 5.02 Å². The minimum atomic E-state index is -0.0857. The first-order valence-electron chi connectivity index (χ1n) is 7.61. The summed E-state index contributed by atoms with van der Waals surface area (Å²) in [7, 11) is 0. The van der Waals surface area contributed by atoms with Crippen molar-refractivity contribution in [2.24, 2.45) is 0 Å². The quantitative estimate of drug-likeness (QED) is 0.819. The number of ether oxygens (including phenoxy) is 1. The normalized spacial score (nSPS) is 13.3. The van der Waals surface area contributed by atoms with Crippen LogP contribution in [0, 0.1) is 0 Å². The molecule has 0 spiro atoms. The number of anilines is 1. The fourth-order valence-corrected chi connectivity index (χ4v) is 2.46. The summed E-state index contributed by atoms with van der Waals surface area (Å²) >= 11 is 5.99. The molecule has 0 atom stereocenters. The molecule has 1 aliphatic rings. The number of carbonyl (C=O) groups excluding carboxylic acids is 2. The van der Waals surface area contributed by atoms with Gasteiger partial charge in [0, 0.05) is 24.4 Å². The van der Waals surface area contributed by atoms with Gasteiger partial charge in [-0.15, -0.1) is 0 Å². The van der Waals surface area contributed by atoms with Gasteiger partial charge in [-0.3, -0.25) is 9.59 Å². The van der Waals surface area contributed by atoms with Gasteiger partial charge in [-0.05, 0) is 24.6 Å². The zero-order valence-electron chi connectivity index (χ0n) is 12.7. The number of hydrogen-bond acceptors (Lipinski definition) is 3. The third-order valence-electron chi connectivity index (χ3n) is 3.50. The van der Waals surface area contributed by atoms with Crippen LogP contribution in [-0.4, -0.2) is 31.5 Å². The van der Waals surface area contributed by atoms with E-state index in [-0.39, 0.29) is 24.7 Å². The molecule has 2 rings (SSSR count). The second-order valence-corrected chi connectivity index (χ2v) is 5.65. The van der Waals surface area contributed by atoms with Crippen LogP contribution in [0.1, 0.15) is 32.6 Å². The van der Waals surface area contributed by atoms with E-state index in [9.17, 15) is 9.59 Å². The maximum atomic E-state index is 12.4. The predicted molar refractivity (Wildman–Crippen MR) is 86.5 cm³/mol. The molecule has 0 saturated carbocycles. The van der Waals surface area contributed by atoms with Crippen molar-refractivity contribution in [1.82, 2.24) is 5.32 Å². The summed E-state index contributed by atoms with van der Waals surface area (Å²) in [4.78, 5) is 25.7. The van der Waals surface area contributed by atoms with Crippen molar-refractivity contribution in [2.75, 3.05) is 24.6 Å². The van der Waals surface area contributed by atoms with Gasteiger partial charge in [0.25, 0.3) is 0 Å². The smallest absolute Gasteiger partial charge is 0.227 e. The van der Waals surface area contributed by atoms with E-state index in [1.807, 2.05) is 0 Å². The highest BCUT2D eigenvalue weighted by atomic mass is 35.5. The SMILES string of the molecule is CCCCNC(=O)CCC(=O)N1CCOc2ccc(Cl)cc21. The Morgan fingerprint density at radius 3 is 2.95 bits per heavy atom. The summed E-state index contributed by atoms with van der Waals surface area (Å²) in [5, 5.41) is 3.37. The molecule has 0 aromatic heterocycles. The third kappa shape index (κ3) is 4.37. The Morgan fingerprint density at radius 2 is 2.18 bits per heavy atom. The number of fused-ring (bicyclic) bond motifs is 1. The van der Waals surface area contributed by atoms with E-state index < -0.39 is 0 Å². The molecule has 6 heteroatoms. The van der Waals surface area contributed by atoms with Crippen molar-refractivity contribution in [3.8, 4) is 5.75 Å². The van der Waals surface area contributed by atoms with Gasteiger partial charge >= 0.3 is 0 Å². The van der Waals surface area contributed by atoms with Gasteiger partial charge in [-0.25, -0.2) is 0 Å². The second kappa shape index (κ2) is 8.03. The number of halogens is 1. The largest absolute Gasteiger partial charge is 0.490 e. The molecule has 1 N–H and O–H groups in total. The molecule has 0 aliphatic carbocycles. The molecule has 0 bridgehead atoms. The van der Waals surface area contributed by atoms with Crippen molar-refractivity contribution < 1.29 is 14.3 Å². The minimum Gasteiger partial charge on any atom is -0.490 e. The lowest BCUT2D eigenvalue weighted by atomic mass is 10.2. The molecule has 0 fully saturated rings. The van der Waals surface area contributed by atoms with Crippen molar-refractivity contribution >= 4 is 29.1 Å².